The molecule has 0 N–H and O–H groups in total. The van der Waals surface area contributed by atoms with Crippen molar-refractivity contribution in [3.8, 4) is 17.2 Å². The van der Waals surface area contributed by atoms with Crippen LogP contribution in [-0.4, -0.2) is 15.7 Å². The molecule has 0 fully saturated rings. The molecule has 0 atom stereocenters. The fourth-order valence-corrected chi connectivity index (χ4v) is 4.77. The number of rotatable bonds is 6. The molecule has 0 bridgehead atoms. The molecule has 0 aliphatic rings. The molecule has 0 saturated heterocycles. The van der Waals surface area contributed by atoms with Gasteiger partial charge in [0.2, 0.25) is 0 Å². The number of unbranched alkanes of at least 4 members (excludes halogenated alkanes) is 1. The quantitative estimate of drug-likeness (QED) is 0.327. The fourth-order valence-electron chi connectivity index (χ4n) is 2.66. The Hall–Kier alpha value is -1.90. The second-order valence-electron chi connectivity index (χ2n) is 5.59. The van der Waals surface area contributed by atoms with Gasteiger partial charge < -0.3 is 0 Å². The third-order valence-electron chi connectivity index (χ3n) is 3.86. The minimum absolute atomic E-state index is 0.593. The van der Waals surface area contributed by atoms with Crippen molar-refractivity contribution in [2.24, 2.45) is 0 Å². The van der Waals surface area contributed by atoms with Gasteiger partial charge in [0.25, 0.3) is 0 Å². The van der Waals surface area contributed by atoms with Gasteiger partial charge in [-0.3, -0.25) is 0 Å². The molecule has 3 aromatic rings. The molecule has 0 saturated carbocycles. The summed E-state index contributed by atoms with van der Waals surface area (Å²) in [5.41, 5.74) is 3.77. The van der Waals surface area contributed by atoms with E-state index in [0.717, 1.165) is 28.5 Å². The zero-order valence-electron chi connectivity index (χ0n) is 13.9. The number of hydrogen-bond acceptors (Lipinski definition) is 5. The average molecular weight is 354 g/mol. The van der Waals surface area contributed by atoms with Gasteiger partial charge in [0.1, 0.15) is 16.2 Å². The maximum absolute atomic E-state index is 8.70. The molecule has 0 unspecified atom stereocenters. The van der Waals surface area contributed by atoms with Crippen LogP contribution in [0.25, 0.3) is 21.3 Å². The van der Waals surface area contributed by atoms with Crippen molar-refractivity contribution in [1.29, 1.82) is 5.26 Å². The van der Waals surface area contributed by atoms with Crippen LogP contribution in [-0.2, 0) is 6.42 Å². The number of nitrogens with zero attached hydrogens (tertiary/aromatic N) is 3. The summed E-state index contributed by atoms with van der Waals surface area (Å²) in [7, 11) is 0. The van der Waals surface area contributed by atoms with E-state index in [1.165, 1.54) is 27.0 Å². The van der Waals surface area contributed by atoms with Gasteiger partial charge in [0.05, 0.1) is 11.5 Å². The number of hydrogen-bond donors (Lipinski definition) is 0. The number of aryl methyl sites for hydroxylation is 2. The van der Waals surface area contributed by atoms with Gasteiger partial charge in [-0.2, -0.15) is 5.26 Å². The van der Waals surface area contributed by atoms with E-state index in [1.807, 2.05) is 0 Å². The second-order valence-corrected chi connectivity index (χ2v) is 7.76. The fraction of sp³-hybridized carbons (Fsp3) is 0.316. The Morgan fingerprint density at radius 1 is 1.21 bits per heavy atom. The molecule has 0 spiro atoms. The van der Waals surface area contributed by atoms with Crippen LogP contribution in [0.2, 0.25) is 0 Å². The Morgan fingerprint density at radius 3 is 2.71 bits per heavy atom. The highest BCUT2D eigenvalue weighted by molar-refractivity contribution is 7.99. The van der Waals surface area contributed by atoms with Crippen LogP contribution in [0.5, 0.6) is 0 Å². The van der Waals surface area contributed by atoms with E-state index in [9.17, 15) is 0 Å². The van der Waals surface area contributed by atoms with Gasteiger partial charge in [-0.05, 0) is 25.3 Å². The van der Waals surface area contributed by atoms with Crippen molar-refractivity contribution in [1.82, 2.24) is 9.97 Å². The lowest BCUT2D eigenvalue weighted by Crippen LogP contribution is -1.89. The summed E-state index contributed by atoms with van der Waals surface area (Å²) in [5, 5.41) is 10.9. The third kappa shape index (κ3) is 3.45. The van der Waals surface area contributed by atoms with Crippen LogP contribution in [0.3, 0.4) is 0 Å². The number of thiophene rings is 1. The minimum Gasteiger partial charge on any atom is -0.229 e. The number of nitriles is 1. The summed E-state index contributed by atoms with van der Waals surface area (Å²) in [6.07, 6.45) is 4.12. The zero-order valence-corrected chi connectivity index (χ0v) is 15.5. The molecule has 122 valence electrons. The number of thioether (sulfide) groups is 1. The van der Waals surface area contributed by atoms with Crippen LogP contribution in [0.1, 0.15) is 30.2 Å². The second kappa shape index (κ2) is 7.78. The number of fused-ring (bicyclic) bond motifs is 1. The monoisotopic (exact) mass is 353 g/mol. The van der Waals surface area contributed by atoms with Gasteiger partial charge in [0.15, 0.2) is 0 Å². The normalized spacial score (nSPS) is 10.9. The zero-order chi connectivity index (χ0) is 16.9. The first-order chi connectivity index (χ1) is 11.7. The van der Waals surface area contributed by atoms with Crippen molar-refractivity contribution in [3.05, 3.63) is 41.0 Å². The van der Waals surface area contributed by atoms with Crippen LogP contribution in [0, 0.1) is 18.3 Å². The van der Waals surface area contributed by atoms with E-state index in [2.05, 4.69) is 54.2 Å². The van der Waals surface area contributed by atoms with Gasteiger partial charge in [0, 0.05) is 22.6 Å². The van der Waals surface area contributed by atoms with E-state index in [-0.39, 0.29) is 0 Å². The lowest BCUT2D eigenvalue weighted by molar-refractivity contribution is 0.977. The minimum atomic E-state index is 0.593. The predicted octanol–water partition coefficient (Wildman–Crippen LogP) is 5.63. The van der Waals surface area contributed by atoms with E-state index in [0.29, 0.717) is 6.42 Å². The van der Waals surface area contributed by atoms with Gasteiger partial charge in [-0.25, -0.2) is 9.97 Å². The summed E-state index contributed by atoms with van der Waals surface area (Å²) in [4.78, 5) is 11.4. The Kier molecular flexibility index (Phi) is 5.49. The molecule has 1 aromatic carbocycles. The van der Waals surface area contributed by atoms with E-state index in [1.54, 1.807) is 29.4 Å². The Labute approximate surface area is 150 Å². The van der Waals surface area contributed by atoms with Gasteiger partial charge >= 0.3 is 0 Å². The maximum atomic E-state index is 8.70. The largest absolute Gasteiger partial charge is 0.229 e. The van der Waals surface area contributed by atoms with E-state index < -0.39 is 0 Å². The van der Waals surface area contributed by atoms with Crippen LogP contribution >= 0.6 is 23.1 Å². The maximum Gasteiger partial charge on any atom is 0.128 e. The van der Waals surface area contributed by atoms with Crippen molar-refractivity contribution in [2.45, 2.75) is 38.1 Å². The Bertz CT molecular complexity index is 876. The molecule has 24 heavy (non-hydrogen) atoms. The average Bonchev–Trinajstić information content (AvgIpc) is 2.99. The first-order valence-electron chi connectivity index (χ1n) is 8.07. The third-order valence-corrected chi connectivity index (χ3v) is 6.18. The molecule has 5 heteroatoms. The first kappa shape index (κ1) is 16.9. The molecule has 0 aliphatic carbocycles. The summed E-state index contributed by atoms with van der Waals surface area (Å²) in [5.74, 6) is 0.907. The predicted molar refractivity (Wildman–Crippen MR) is 103 cm³/mol. The van der Waals surface area contributed by atoms with Crippen LogP contribution < -0.4 is 0 Å². The van der Waals surface area contributed by atoms with Gasteiger partial charge in [-0.1, -0.05) is 36.8 Å². The van der Waals surface area contributed by atoms with E-state index in [4.69, 9.17) is 5.26 Å². The lowest BCUT2D eigenvalue weighted by Gasteiger charge is -2.07. The molecular weight excluding hydrogens is 334 g/mol. The standard InChI is InChI=1S/C19H19N3S2/c1-3-15-16(14-8-6-13(2)7-9-14)17-18(23-11-5-4-10-20)21-12-22-19(17)24-15/h6-9,12H,3-5,11H2,1-2H3. The SMILES string of the molecule is CCc1sc2ncnc(SCCCC#N)c2c1-c1ccc(C)cc1. The molecular formula is C19H19N3S2. The first-order valence-corrected chi connectivity index (χ1v) is 9.88. The smallest absolute Gasteiger partial charge is 0.128 e. The highest BCUT2D eigenvalue weighted by Gasteiger charge is 2.18. The van der Waals surface area contributed by atoms with Crippen molar-refractivity contribution in [3.63, 3.8) is 0 Å². The number of benzene rings is 1. The molecule has 0 radical (unpaired) electrons. The molecule has 3 rings (SSSR count). The van der Waals surface area contributed by atoms with Crippen LogP contribution in [0.4, 0.5) is 0 Å². The van der Waals surface area contributed by atoms with Gasteiger partial charge in [-0.15, -0.1) is 23.1 Å². The molecule has 3 nitrogen and oxygen atoms in total. The van der Waals surface area contributed by atoms with Crippen molar-refractivity contribution >= 4 is 33.3 Å². The molecule has 2 heterocycles. The topological polar surface area (TPSA) is 49.6 Å². The Morgan fingerprint density at radius 2 is 2.00 bits per heavy atom. The highest BCUT2D eigenvalue weighted by Crippen LogP contribution is 2.42. The highest BCUT2D eigenvalue weighted by atomic mass is 32.2. The molecule has 0 aliphatic heterocycles. The molecule has 0 amide bonds. The Balaban J connectivity index is 2.08. The van der Waals surface area contributed by atoms with Crippen LogP contribution in [0.15, 0.2) is 35.6 Å². The molecule has 2 aromatic heterocycles. The number of aromatic nitrogens is 2. The van der Waals surface area contributed by atoms with Crippen molar-refractivity contribution in [2.75, 3.05) is 5.75 Å². The summed E-state index contributed by atoms with van der Waals surface area (Å²) < 4.78 is 0. The summed E-state index contributed by atoms with van der Waals surface area (Å²) in [6, 6.07) is 10.9. The van der Waals surface area contributed by atoms with Crippen molar-refractivity contribution < 1.29 is 0 Å². The lowest BCUT2D eigenvalue weighted by atomic mass is 10.0. The summed E-state index contributed by atoms with van der Waals surface area (Å²) in [6.45, 7) is 4.30. The summed E-state index contributed by atoms with van der Waals surface area (Å²) >= 11 is 3.49. The van der Waals surface area contributed by atoms with E-state index >= 15 is 0 Å².